The third-order valence-electron chi connectivity index (χ3n) is 4.08. The number of pyridine rings is 1. The molecule has 2 aromatic rings. The lowest BCUT2D eigenvalue weighted by Gasteiger charge is -2.24. The largest absolute Gasteiger partial charge is 0.373 e. The molecule has 0 saturated carbocycles. The number of aryl methyl sites for hydroxylation is 1. The minimum Gasteiger partial charge on any atom is -0.373 e. The molecule has 106 valence electrons. The van der Waals surface area contributed by atoms with E-state index in [1.807, 2.05) is 13.2 Å². The van der Waals surface area contributed by atoms with Crippen LogP contribution in [0.15, 0.2) is 24.7 Å². The second kappa shape index (κ2) is 5.63. The van der Waals surface area contributed by atoms with Crippen LogP contribution < -0.4 is 5.32 Å². The standard InChI is InChI=1S/C15H21N5/c1-11-13(19-10-18-11)9-20-7-3-4-14(20)12-5-6-17-15(8-12)16-2/h5-6,8,10,14H,3-4,7,9H2,1-2H3,(H,16,17)(H,18,19)/t14-/m1/s1. The molecule has 0 bridgehead atoms. The van der Waals surface area contributed by atoms with Crippen molar-refractivity contribution in [1.82, 2.24) is 19.9 Å². The van der Waals surface area contributed by atoms with Crippen molar-refractivity contribution in [1.29, 1.82) is 0 Å². The van der Waals surface area contributed by atoms with Gasteiger partial charge in [0.2, 0.25) is 0 Å². The van der Waals surface area contributed by atoms with Crippen molar-refractivity contribution in [3.63, 3.8) is 0 Å². The highest BCUT2D eigenvalue weighted by Crippen LogP contribution is 2.33. The van der Waals surface area contributed by atoms with Crippen molar-refractivity contribution >= 4 is 5.82 Å². The lowest BCUT2D eigenvalue weighted by Crippen LogP contribution is -2.23. The van der Waals surface area contributed by atoms with Crippen LogP contribution in [0.25, 0.3) is 0 Å². The molecule has 5 heteroatoms. The highest BCUT2D eigenvalue weighted by Gasteiger charge is 2.27. The molecule has 2 N–H and O–H groups in total. The molecule has 0 radical (unpaired) electrons. The van der Waals surface area contributed by atoms with E-state index in [-0.39, 0.29) is 0 Å². The Kier molecular flexibility index (Phi) is 3.69. The maximum Gasteiger partial charge on any atom is 0.125 e. The van der Waals surface area contributed by atoms with E-state index < -0.39 is 0 Å². The number of aromatic amines is 1. The molecule has 20 heavy (non-hydrogen) atoms. The Hall–Kier alpha value is -1.88. The van der Waals surface area contributed by atoms with Gasteiger partial charge in [0.15, 0.2) is 0 Å². The first-order valence-corrected chi connectivity index (χ1v) is 7.14. The molecule has 1 aliphatic heterocycles. The van der Waals surface area contributed by atoms with Crippen LogP contribution in [0.4, 0.5) is 5.82 Å². The van der Waals surface area contributed by atoms with E-state index in [1.54, 1.807) is 6.33 Å². The summed E-state index contributed by atoms with van der Waals surface area (Å²) in [6, 6.07) is 4.75. The fourth-order valence-electron chi connectivity index (χ4n) is 2.92. The minimum atomic E-state index is 0.473. The number of nitrogens with one attached hydrogen (secondary N) is 2. The maximum atomic E-state index is 4.42. The number of hydrogen-bond acceptors (Lipinski definition) is 4. The highest BCUT2D eigenvalue weighted by molar-refractivity contribution is 5.38. The van der Waals surface area contributed by atoms with E-state index in [2.05, 4.69) is 44.2 Å². The van der Waals surface area contributed by atoms with Crippen molar-refractivity contribution in [3.8, 4) is 0 Å². The molecule has 0 spiro atoms. The first-order valence-electron chi connectivity index (χ1n) is 7.14. The second-order valence-corrected chi connectivity index (χ2v) is 5.33. The minimum absolute atomic E-state index is 0.473. The van der Waals surface area contributed by atoms with Crippen LogP contribution >= 0.6 is 0 Å². The molecule has 1 atom stereocenters. The van der Waals surface area contributed by atoms with Gasteiger partial charge in [0.25, 0.3) is 0 Å². The Labute approximate surface area is 119 Å². The first-order chi connectivity index (χ1) is 9.78. The lowest BCUT2D eigenvalue weighted by molar-refractivity contribution is 0.245. The monoisotopic (exact) mass is 271 g/mol. The van der Waals surface area contributed by atoms with Gasteiger partial charge in [-0.1, -0.05) is 0 Å². The van der Waals surface area contributed by atoms with Gasteiger partial charge in [-0.2, -0.15) is 0 Å². The number of nitrogens with zero attached hydrogens (tertiary/aromatic N) is 3. The van der Waals surface area contributed by atoms with E-state index in [0.717, 1.165) is 24.6 Å². The Morgan fingerprint density at radius 3 is 3.10 bits per heavy atom. The number of H-pyrrole nitrogens is 1. The molecule has 0 aliphatic carbocycles. The van der Waals surface area contributed by atoms with Gasteiger partial charge >= 0.3 is 0 Å². The molecular formula is C15H21N5. The van der Waals surface area contributed by atoms with Crippen LogP contribution in [0.1, 0.15) is 35.8 Å². The van der Waals surface area contributed by atoms with Gasteiger partial charge in [0, 0.05) is 31.5 Å². The predicted octanol–water partition coefficient (Wildman–Crippen LogP) is 2.49. The number of rotatable bonds is 4. The highest BCUT2D eigenvalue weighted by atomic mass is 15.2. The van der Waals surface area contributed by atoms with Crippen molar-refractivity contribution < 1.29 is 0 Å². The van der Waals surface area contributed by atoms with Crippen LogP contribution in [-0.2, 0) is 6.54 Å². The van der Waals surface area contributed by atoms with Crippen LogP contribution in [0.5, 0.6) is 0 Å². The Balaban J connectivity index is 1.79. The van der Waals surface area contributed by atoms with Gasteiger partial charge in [-0.05, 0) is 44.0 Å². The third kappa shape index (κ3) is 2.54. The third-order valence-corrected chi connectivity index (χ3v) is 4.08. The molecule has 2 aromatic heterocycles. The molecule has 1 aliphatic rings. The van der Waals surface area contributed by atoms with Crippen molar-refractivity contribution in [2.75, 3.05) is 18.9 Å². The van der Waals surface area contributed by atoms with Crippen molar-refractivity contribution in [2.24, 2.45) is 0 Å². The van der Waals surface area contributed by atoms with Gasteiger partial charge in [-0.15, -0.1) is 0 Å². The Morgan fingerprint density at radius 1 is 1.45 bits per heavy atom. The molecule has 0 amide bonds. The van der Waals surface area contributed by atoms with Crippen LogP contribution in [0.2, 0.25) is 0 Å². The van der Waals surface area contributed by atoms with Crippen LogP contribution in [-0.4, -0.2) is 33.4 Å². The number of likely N-dealkylation sites (tertiary alicyclic amines) is 1. The number of imidazole rings is 1. The Morgan fingerprint density at radius 2 is 2.35 bits per heavy atom. The summed E-state index contributed by atoms with van der Waals surface area (Å²) in [6.07, 6.45) is 6.11. The van der Waals surface area contributed by atoms with E-state index in [1.165, 1.54) is 24.1 Å². The summed E-state index contributed by atoms with van der Waals surface area (Å²) in [7, 11) is 1.91. The van der Waals surface area contributed by atoms with Crippen molar-refractivity contribution in [3.05, 3.63) is 41.6 Å². The van der Waals surface area contributed by atoms with Gasteiger partial charge in [0.05, 0.1) is 12.0 Å². The summed E-state index contributed by atoms with van der Waals surface area (Å²) in [5.74, 6) is 0.935. The first kappa shape index (κ1) is 13.1. The maximum absolute atomic E-state index is 4.42. The zero-order valence-electron chi connectivity index (χ0n) is 12.1. The summed E-state index contributed by atoms with van der Waals surface area (Å²) in [6.45, 7) is 4.13. The summed E-state index contributed by atoms with van der Waals surface area (Å²) in [5.41, 5.74) is 3.66. The topological polar surface area (TPSA) is 56.8 Å². The molecule has 3 rings (SSSR count). The SMILES string of the molecule is CNc1cc([C@H]2CCCN2Cc2nc[nH]c2C)ccn1. The molecule has 1 saturated heterocycles. The average molecular weight is 271 g/mol. The fraction of sp³-hybridized carbons (Fsp3) is 0.467. The summed E-state index contributed by atoms with van der Waals surface area (Å²) >= 11 is 0. The summed E-state index contributed by atoms with van der Waals surface area (Å²) < 4.78 is 0. The average Bonchev–Trinajstić information content (AvgIpc) is 3.09. The smallest absolute Gasteiger partial charge is 0.125 e. The van der Waals surface area contributed by atoms with Crippen LogP contribution in [0, 0.1) is 6.92 Å². The number of aromatic nitrogens is 3. The van der Waals surface area contributed by atoms with Crippen LogP contribution in [0.3, 0.4) is 0 Å². The van der Waals surface area contributed by atoms with Gasteiger partial charge in [0.1, 0.15) is 5.82 Å². The quantitative estimate of drug-likeness (QED) is 0.897. The van der Waals surface area contributed by atoms with Gasteiger partial charge in [-0.25, -0.2) is 9.97 Å². The van der Waals surface area contributed by atoms with E-state index in [4.69, 9.17) is 0 Å². The van der Waals surface area contributed by atoms with E-state index >= 15 is 0 Å². The molecule has 0 aromatic carbocycles. The fourth-order valence-corrected chi connectivity index (χ4v) is 2.92. The summed E-state index contributed by atoms with van der Waals surface area (Å²) in [4.78, 5) is 14.4. The van der Waals surface area contributed by atoms with E-state index in [9.17, 15) is 0 Å². The lowest BCUT2D eigenvalue weighted by atomic mass is 10.1. The normalized spacial score (nSPS) is 19.4. The zero-order valence-corrected chi connectivity index (χ0v) is 12.1. The summed E-state index contributed by atoms with van der Waals surface area (Å²) in [5, 5.41) is 3.11. The van der Waals surface area contributed by atoms with Gasteiger partial charge < -0.3 is 10.3 Å². The Bertz CT molecular complexity index is 577. The van der Waals surface area contributed by atoms with Gasteiger partial charge in [-0.3, -0.25) is 4.90 Å². The molecule has 1 fully saturated rings. The molecule has 0 unspecified atom stereocenters. The second-order valence-electron chi connectivity index (χ2n) is 5.33. The number of hydrogen-bond donors (Lipinski definition) is 2. The molecular weight excluding hydrogens is 250 g/mol. The number of anilines is 1. The predicted molar refractivity (Wildman–Crippen MR) is 79.5 cm³/mol. The molecule has 5 nitrogen and oxygen atoms in total. The molecule has 3 heterocycles. The van der Waals surface area contributed by atoms with E-state index in [0.29, 0.717) is 6.04 Å². The zero-order chi connectivity index (χ0) is 13.9. The van der Waals surface area contributed by atoms with Crippen molar-refractivity contribution in [2.45, 2.75) is 32.4 Å².